The smallest absolute Gasteiger partial charge is 0.162 e. The molecule has 0 unspecified atom stereocenters. The van der Waals surface area contributed by atoms with Gasteiger partial charge >= 0.3 is 0 Å². The van der Waals surface area contributed by atoms with Crippen LogP contribution in [-0.2, 0) is 6.42 Å². The largest absolute Gasteiger partial charge is 0.396 e. The molecule has 0 aliphatic rings. The number of aryl methyl sites for hydroxylation is 1. The molecule has 0 spiro atoms. The van der Waals surface area contributed by atoms with Gasteiger partial charge < -0.3 is 5.11 Å². The first-order valence-corrected chi connectivity index (χ1v) is 4.79. The fourth-order valence-electron chi connectivity index (χ4n) is 1.35. The van der Waals surface area contributed by atoms with Crippen molar-refractivity contribution in [1.29, 1.82) is 0 Å². The van der Waals surface area contributed by atoms with Gasteiger partial charge in [0.15, 0.2) is 11.6 Å². The Morgan fingerprint density at radius 1 is 1.07 bits per heavy atom. The van der Waals surface area contributed by atoms with Gasteiger partial charge in [-0.1, -0.05) is 18.6 Å². The van der Waals surface area contributed by atoms with Crippen LogP contribution in [0.25, 0.3) is 0 Å². The standard InChI is InChI=1S/C11H14F2O/c12-10-7-4-6-9(11(10)13)5-2-1-3-8-14/h4,6-7,14H,1-3,5,8H2. The van der Waals surface area contributed by atoms with E-state index in [-0.39, 0.29) is 6.61 Å². The fourth-order valence-corrected chi connectivity index (χ4v) is 1.35. The molecule has 0 saturated carbocycles. The van der Waals surface area contributed by atoms with E-state index in [1.54, 1.807) is 6.07 Å². The molecule has 1 aromatic rings. The molecule has 1 N–H and O–H groups in total. The average Bonchev–Trinajstić information content (AvgIpc) is 2.19. The molecule has 1 rings (SSSR count). The lowest BCUT2D eigenvalue weighted by molar-refractivity contribution is 0.283. The molecule has 0 fully saturated rings. The number of benzene rings is 1. The first kappa shape index (κ1) is 11.1. The van der Waals surface area contributed by atoms with E-state index in [0.29, 0.717) is 12.0 Å². The topological polar surface area (TPSA) is 20.2 Å². The van der Waals surface area contributed by atoms with Gasteiger partial charge in [-0.15, -0.1) is 0 Å². The van der Waals surface area contributed by atoms with Crippen molar-refractivity contribution in [3.63, 3.8) is 0 Å². The Morgan fingerprint density at radius 3 is 2.57 bits per heavy atom. The van der Waals surface area contributed by atoms with E-state index in [1.807, 2.05) is 0 Å². The van der Waals surface area contributed by atoms with E-state index in [9.17, 15) is 8.78 Å². The zero-order valence-corrected chi connectivity index (χ0v) is 7.97. The summed E-state index contributed by atoms with van der Waals surface area (Å²) in [7, 11) is 0. The highest BCUT2D eigenvalue weighted by Gasteiger charge is 2.06. The molecule has 0 aliphatic carbocycles. The number of hydrogen-bond donors (Lipinski definition) is 1. The summed E-state index contributed by atoms with van der Waals surface area (Å²) in [5, 5.41) is 8.53. The number of unbranched alkanes of at least 4 members (excludes halogenated alkanes) is 2. The number of hydrogen-bond acceptors (Lipinski definition) is 1. The summed E-state index contributed by atoms with van der Waals surface area (Å²) in [4.78, 5) is 0. The predicted octanol–water partition coefficient (Wildman–Crippen LogP) is 2.67. The van der Waals surface area contributed by atoms with Crippen LogP contribution in [0.4, 0.5) is 8.78 Å². The van der Waals surface area contributed by atoms with Crippen molar-refractivity contribution in [2.75, 3.05) is 6.61 Å². The van der Waals surface area contributed by atoms with Crippen LogP contribution in [0.1, 0.15) is 24.8 Å². The monoisotopic (exact) mass is 200 g/mol. The van der Waals surface area contributed by atoms with Crippen molar-refractivity contribution in [3.8, 4) is 0 Å². The van der Waals surface area contributed by atoms with Gasteiger partial charge in [0.2, 0.25) is 0 Å². The van der Waals surface area contributed by atoms with Gasteiger partial charge in [0.05, 0.1) is 0 Å². The number of aliphatic hydroxyl groups excluding tert-OH is 1. The lowest BCUT2D eigenvalue weighted by Gasteiger charge is -2.02. The van der Waals surface area contributed by atoms with Crippen LogP contribution < -0.4 is 0 Å². The second-order valence-corrected chi connectivity index (χ2v) is 3.25. The SMILES string of the molecule is OCCCCCc1cccc(F)c1F. The molecule has 14 heavy (non-hydrogen) atoms. The number of aliphatic hydroxyl groups is 1. The molecular formula is C11H14F2O. The number of rotatable bonds is 5. The molecule has 0 aromatic heterocycles. The maximum atomic E-state index is 13.1. The molecule has 1 aromatic carbocycles. The van der Waals surface area contributed by atoms with Gasteiger partial charge in [-0.25, -0.2) is 8.78 Å². The van der Waals surface area contributed by atoms with E-state index in [2.05, 4.69) is 0 Å². The molecule has 1 nitrogen and oxygen atoms in total. The Bertz CT molecular complexity index is 287. The zero-order valence-electron chi connectivity index (χ0n) is 7.97. The Balaban J connectivity index is 2.46. The molecule has 78 valence electrons. The van der Waals surface area contributed by atoms with E-state index in [0.717, 1.165) is 25.3 Å². The normalized spacial score (nSPS) is 10.5. The lowest BCUT2D eigenvalue weighted by Crippen LogP contribution is -1.94. The molecule has 0 bridgehead atoms. The van der Waals surface area contributed by atoms with E-state index >= 15 is 0 Å². The van der Waals surface area contributed by atoms with Crippen molar-refractivity contribution in [3.05, 3.63) is 35.4 Å². The molecule has 0 amide bonds. The van der Waals surface area contributed by atoms with Gasteiger partial charge in [-0.3, -0.25) is 0 Å². The van der Waals surface area contributed by atoms with E-state index in [4.69, 9.17) is 5.11 Å². The van der Waals surface area contributed by atoms with Gasteiger partial charge in [-0.2, -0.15) is 0 Å². The first-order valence-electron chi connectivity index (χ1n) is 4.79. The first-order chi connectivity index (χ1) is 6.75. The van der Waals surface area contributed by atoms with Crippen LogP contribution >= 0.6 is 0 Å². The highest BCUT2D eigenvalue weighted by atomic mass is 19.2. The summed E-state index contributed by atoms with van der Waals surface area (Å²) in [6.07, 6.45) is 2.87. The van der Waals surface area contributed by atoms with Crippen LogP contribution in [0.5, 0.6) is 0 Å². The van der Waals surface area contributed by atoms with Crippen LogP contribution in [-0.4, -0.2) is 11.7 Å². The Hall–Kier alpha value is -0.960. The molecule has 0 aliphatic heterocycles. The van der Waals surface area contributed by atoms with Crippen molar-refractivity contribution >= 4 is 0 Å². The molecular weight excluding hydrogens is 186 g/mol. The summed E-state index contributed by atoms with van der Waals surface area (Å²) in [6, 6.07) is 4.23. The third kappa shape index (κ3) is 3.07. The van der Waals surface area contributed by atoms with Crippen LogP contribution in [0, 0.1) is 11.6 Å². The molecule has 0 radical (unpaired) electrons. The Labute approximate surface area is 82.4 Å². The third-order valence-electron chi connectivity index (χ3n) is 2.14. The minimum atomic E-state index is -0.787. The second-order valence-electron chi connectivity index (χ2n) is 3.25. The van der Waals surface area contributed by atoms with Crippen LogP contribution in [0.3, 0.4) is 0 Å². The zero-order chi connectivity index (χ0) is 10.4. The Kier molecular flexibility index (Phi) is 4.53. The third-order valence-corrected chi connectivity index (χ3v) is 2.14. The molecule has 0 saturated heterocycles. The van der Waals surface area contributed by atoms with Gasteiger partial charge in [0, 0.05) is 6.61 Å². The van der Waals surface area contributed by atoms with Crippen molar-refractivity contribution < 1.29 is 13.9 Å². The highest BCUT2D eigenvalue weighted by Crippen LogP contribution is 2.14. The summed E-state index contributed by atoms with van der Waals surface area (Å²) < 4.78 is 25.8. The number of halogens is 2. The Morgan fingerprint density at radius 2 is 1.86 bits per heavy atom. The van der Waals surface area contributed by atoms with Crippen LogP contribution in [0.15, 0.2) is 18.2 Å². The van der Waals surface area contributed by atoms with Gasteiger partial charge in [-0.05, 0) is 30.9 Å². The molecule has 0 atom stereocenters. The summed E-state index contributed by atoms with van der Waals surface area (Å²) in [5.41, 5.74) is 0.419. The molecule has 0 heterocycles. The van der Waals surface area contributed by atoms with Gasteiger partial charge in [0.25, 0.3) is 0 Å². The van der Waals surface area contributed by atoms with Crippen molar-refractivity contribution in [2.45, 2.75) is 25.7 Å². The maximum absolute atomic E-state index is 13.1. The fraction of sp³-hybridized carbons (Fsp3) is 0.455. The van der Waals surface area contributed by atoms with E-state index in [1.165, 1.54) is 6.07 Å². The van der Waals surface area contributed by atoms with E-state index < -0.39 is 11.6 Å². The minimum absolute atomic E-state index is 0.158. The second kappa shape index (κ2) is 5.70. The van der Waals surface area contributed by atoms with Crippen molar-refractivity contribution in [2.24, 2.45) is 0 Å². The summed E-state index contributed by atoms with van der Waals surface area (Å²) in [6.45, 7) is 0.158. The quantitative estimate of drug-likeness (QED) is 0.724. The van der Waals surface area contributed by atoms with Crippen molar-refractivity contribution in [1.82, 2.24) is 0 Å². The van der Waals surface area contributed by atoms with Gasteiger partial charge in [0.1, 0.15) is 0 Å². The lowest BCUT2D eigenvalue weighted by atomic mass is 10.1. The minimum Gasteiger partial charge on any atom is -0.396 e. The highest BCUT2D eigenvalue weighted by molar-refractivity contribution is 5.18. The van der Waals surface area contributed by atoms with Crippen LogP contribution in [0.2, 0.25) is 0 Å². The molecule has 3 heteroatoms. The average molecular weight is 200 g/mol. The summed E-state index contributed by atoms with van der Waals surface area (Å²) in [5.74, 6) is -1.53. The summed E-state index contributed by atoms with van der Waals surface area (Å²) >= 11 is 0. The maximum Gasteiger partial charge on any atom is 0.162 e. The predicted molar refractivity (Wildman–Crippen MR) is 51.0 cm³/mol.